The van der Waals surface area contributed by atoms with Gasteiger partial charge in [-0.3, -0.25) is 19.4 Å². The lowest BCUT2D eigenvalue weighted by molar-refractivity contribution is -0.118. The van der Waals surface area contributed by atoms with Gasteiger partial charge in [-0.15, -0.1) is 0 Å². The van der Waals surface area contributed by atoms with Gasteiger partial charge in [-0.1, -0.05) is 24.5 Å². The molecule has 0 spiro atoms. The monoisotopic (exact) mass is 435 g/mol. The first-order valence-electron chi connectivity index (χ1n) is 11.5. The van der Waals surface area contributed by atoms with Crippen LogP contribution in [0.1, 0.15) is 54.9 Å². The molecule has 7 heteroatoms. The summed E-state index contributed by atoms with van der Waals surface area (Å²) in [5.74, 6) is 0.126. The van der Waals surface area contributed by atoms with E-state index in [-0.39, 0.29) is 23.9 Å². The second kappa shape index (κ2) is 9.38. The topological polar surface area (TPSA) is 77.6 Å². The molecule has 7 nitrogen and oxygen atoms in total. The molecule has 2 N–H and O–H groups in total. The third-order valence-corrected chi connectivity index (χ3v) is 6.54. The van der Waals surface area contributed by atoms with Crippen LogP contribution in [0.2, 0.25) is 0 Å². The molecule has 1 atom stereocenters. The van der Waals surface area contributed by atoms with Gasteiger partial charge in [-0.2, -0.15) is 0 Å². The number of carbonyl (C=O) groups is 2. The Bertz CT molecular complexity index is 998. The van der Waals surface area contributed by atoms with Gasteiger partial charge in [0.1, 0.15) is 0 Å². The lowest BCUT2D eigenvalue weighted by Gasteiger charge is -2.32. The van der Waals surface area contributed by atoms with Crippen LogP contribution in [0.25, 0.3) is 0 Å². The maximum atomic E-state index is 13.6. The number of likely N-dealkylation sites (N-methyl/N-ethyl adjacent to an activating group) is 1. The molecule has 2 aromatic rings. The van der Waals surface area contributed by atoms with Crippen molar-refractivity contribution in [1.82, 2.24) is 15.2 Å². The number of benzene rings is 1. The lowest BCUT2D eigenvalue weighted by Crippen LogP contribution is -2.45. The van der Waals surface area contributed by atoms with Gasteiger partial charge >= 0.3 is 0 Å². The minimum atomic E-state index is -0.228. The molecule has 3 heterocycles. The number of nitrogens with zero attached hydrogens (tertiary/aromatic N) is 3. The van der Waals surface area contributed by atoms with Gasteiger partial charge in [-0.05, 0) is 71.0 Å². The Morgan fingerprint density at radius 2 is 2.09 bits per heavy atom. The predicted octanol–water partition coefficient (Wildman–Crippen LogP) is 3.86. The number of rotatable bonds is 5. The number of hydrogen-bond acceptors (Lipinski definition) is 5. The molecule has 0 aliphatic carbocycles. The minimum absolute atomic E-state index is 0.104. The zero-order chi connectivity index (χ0) is 22.7. The summed E-state index contributed by atoms with van der Waals surface area (Å²) >= 11 is 0. The van der Waals surface area contributed by atoms with Crippen molar-refractivity contribution < 1.29 is 9.59 Å². The normalized spacial score (nSPS) is 20.8. The van der Waals surface area contributed by atoms with Crippen LogP contribution in [0.15, 0.2) is 36.5 Å². The quantitative estimate of drug-likeness (QED) is 0.746. The van der Waals surface area contributed by atoms with Crippen LogP contribution in [0.4, 0.5) is 17.2 Å². The van der Waals surface area contributed by atoms with E-state index in [0.717, 1.165) is 25.1 Å². The van der Waals surface area contributed by atoms with Gasteiger partial charge in [0, 0.05) is 18.3 Å². The Morgan fingerprint density at radius 3 is 2.94 bits per heavy atom. The van der Waals surface area contributed by atoms with E-state index in [1.807, 2.05) is 32.2 Å². The molecular weight excluding hydrogens is 402 g/mol. The van der Waals surface area contributed by atoms with Crippen molar-refractivity contribution in [1.29, 1.82) is 0 Å². The summed E-state index contributed by atoms with van der Waals surface area (Å²) in [5, 5.41) is 6.60. The third-order valence-electron chi connectivity index (χ3n) is 6.54. The number of hydrogen-bond donors (Lipinski definition) is 2. The number of fused-ring (bicyclic) bond motifs is 2. The number of aromatic nitrogens is 1. The van der Waals surface area contributed by atoms with E-state index in [1.165, 1.54) is 25.7 Å². The van der Waals surface area contributed by atoms with Gasteiger partial charge in [0.2, 0.25) is 5.91 Å². The first kappa shape index (κ1) is 22.4. The third kappa shape index (κ3) is 4.84. The number of anilines is 3. The molecule has 1 saturated heterocycles. The van der Waals surface area contributed by atoms with Crippen molar-refractivity contribution in [2.75, 3.05) is 36.9 Å². The molecule has 1 fully saturated rings. The van der Waals surface area contributed by atoms with E-state index in [1.54, 1.807) is 23.2 Å². The lowest BCUT2D eigenvalue weighted by atomic mass is 9.92. The zero-order valence-corrected chi connectivity index (χ0v) is 19.3. The Labute approximate surface area is 190 Å². The summed E-state index contributed by atoms with van der Waals surface area (Å²) < 4.78 is 0. The second-order valence-corrected chi connectivity index (χ2v) is 9.36. The van der Waals surface area contributed by atoms with Gasteiger partial charge in [0.15, 0.2) is 5.82 Å². The van der Waals surface area contributed by atoms with Crippen LogP contribution in [0.3, 0.4) is 0 Å². The van der Waals surface area contributed by atoms with E-state index in [9.17, 15) is 9.59 Å². The molecule has 170 valence electrons. The largest absolute Gasteiger partial charge is 0.319 e. The average Bonchev–Trinajstić information content (AvgIpc) is 3.05. The molecule has 2 aliphatic heterocycles. The van der Waals surface area contributed by atoms with Crippen LogP contribution >= 0.6 is 0 Å². The summed E-state index contributed by atoms with van der Waals surface area (Å²) in [6, 6.07) is 9.11. The smallest absolute Gasteiger partial charge is 0.257 e. The van der Waals surface area contributed by atoms with Crippen LogP contribution in [0, 0.1) is 6.92 Å². The van der Waals surface area contributed by atoms with E-state index < -0.39 is 0 Å². The second-order valence-electron chi connectivity index (χ2n) is 9.36. The zero-order valence-electron chi connectivity index (χ0n) is 19.3. The number of nitrogens with one attached hydrogen (secondary N) is 2. The molecule has 1 aromatic heterocycles. The maximum absolute atomic E-state index is 13.6. The highest BCUT2D eigenvalue weighted by Gasteiger charge is 2.31. The van der Waals surface area contributed by atoms with Gasteiger partial charge in [-0.25, -0.2) is 4.98 Å². The summed E-state index contributed by atoms with van der Waals surface area (Å²) in [6.45, 7) is 6.35. The first-order valence-corrected chi connectivity index (χ1v) is 11.5. The molecular formula is C25H33N5O2. The standard InChI is InChI=1S/C25H33N5O2/c1-18-9-10-21-19(16-18)24(32)28-20-8-7-13-26-23(20)30(21)22(31)17-29(3)15-12-25(2)11-5-4-6-14-27-25/h7-10,13,16,27H,4-6,11-12,14-15,17H2,1-3H3,(H,28,32). The molecule has 4 rings (SSSR count). The van der Waals surface area contributed by atoms with Crippen molar-refractivity contribution in [2.24, 2.45) is 0 Å². The predicted molar refractivity (Wildman–Crippen MR) is 128 cm³/mol. The first-order chi connectivity index (χ1) is 15.4. The highest BCUT2D eigenvalue weighted by molar-refractivity contribution is 6.17. The fraction of sp³-hybridized carbons (Fsp3) is 0.480. The highest BCUT2D eigenvalue weighted by atomic mass is 16.2. The van der Waals surface area contributed by atoms with Crippen molar-refractivity contribution in [2.45, 2.75) is 51.5 Å². The van der Waals surface area contributed by atoms with Gasteiger partial charge in [0.05, 0.1) is 23.5 Å². The van der Waals surface area contributed by atoms with E-state index >= 15 is 0 Å². The van der Waals surface area contributed by atoms with Crippen LogP contribution in [-0.4, -0.2) is 53.9 Å². The molecule has 2 amide bonds. The maximum Gasteiger partial charge on any atom is 0.257 e. The van der Waals surface area contributed by atoms with Gasteiger partial charge < -0.3 is 10.6 Å². The van der Waals surface area contributed by atoms with Crippen LogP contribution < -0.4 is 15.5 Å². The van der Waals surface area contributed by atoms with Crippen molar-refractivity contribution in [3.05, 3.63) is 47.7 Å². The molecule has 0 bridgehead atoms. The molecule has 1 aromatic carbocycles. The summed E-state index contributed by atoms with van der Waals surface area (Å²) in [7, 11) is 1.98. The summed E-state index contributed by atoms with van der Waals surface area (Å²) in [5.41, 5.74) is 2.67. The summed E-state index contributed by atoms with van der Waals surface area (Å²) in [6.07, 6.45) is 7.56. The van der Waals surface area contributed by atoms with E-state index in [4.69, 9.17) is 0 Å². The molecule has 0 saturated carbocycles. The average molecular weight is 436 g/mol. The van der Waals surface area contributed by atoms with Crippen LogP contribution in [-0.2, 0) is 4.79 Å². The van der Waals surface area contributed by atoms with Crippen molar-refractivity contribution in [3.8, 4) is 0 Å². The SMILES string of the molecule is Cc1ccc2c(c1)C(=O)Nc1cccnc1N2C(=O)CN(C)CCC1(C)CCCCCN1. The summed E-state index contributed by atoms with van der Waals surface area (Å²) in [4.78, 5) is 34.5. The molecule has 0 radical (unpaired) electrons. The Balaban J connectivity index is 1.55. The number of carbonyl (C=O) groups excluding carboxylic acids is 2. The Hall–Kier alpha value is -2.77. The number of aryl methyl sites for hydroxylation is 1. The van der Waals surface area contributed by atoms with Crippen LogP contribution in [0.5, 0.6) is 0 Å². The Kier molecular flexibility index (Phi) is 6.58. The van der Waals surface area contributed by atoms with E-state index in [0.29, 0.717) is 22.8 Å². The molecule has 1 unspecified atom stereocenters. The number of pyridine rings is 1. The fourth-order valence-electron chi connectivity index (χ4n) is 4.58. The molecule has 32 heavy (non-hydrogen) atoms. The molecule has 2 aliphatic rings. The van der Waals surface area contributed by atoms with Gasteiger partial charge in [0.25, 0.3) is 5.91 Å². The van der Waals surface area contributed by atoms with E-state index in [2.05, 4.69) is 27.4 Å². The fourth-order valence-corrected chi connectivity index (χ4v) is 4.58. The van der Waals surface area contributed by atoms with Crippen molar-refractivity contribution >= 4 is 29.0 Å². The minimum Gasteiger partial charge on any atom is -0.319 e. The van der Waals surface area contributed by atoms with Crippen molar-refractivity contribution in [3.63, 3.8) is 0 Å². The highest BCUT2D eigenvalue weighted by Crippen LogP contribution is 2.36. The Morgan fingerprint density at radius 1 is 1.25 bits per heavy atom. The number of amides is 2.